The minimum Gasteiger partial charge on any atom is -0.337 e. The van der Waals surface area contributed by atoms with Gasteiger partial charge in [-0.15, -0.1) is 0 Å². The molecule has 0 fully saturated rings. The number of carbonyl (C=O) groups is 2. The van der Waals surface area contributed by atoms with Crippen LogP contribution in [0.5, 0.6) is 0 Å². The number of carbonyl (C=O) groups excluding carboxylic acids is 2. The van der Waals surface area contributed by atoms with Crippen molar-refractivity contribution in [3.63, 3.8) is 0 Å². The zero-order chi connectivity index (χ0) is 15.0. The van der Waals surface area contributed by atoms with E-state index in [0.29, 0.717) is 13.1 Å². The van der Waals surface area contributed by atoms with Gasteiger partial charge in [0.15, 0.2) is 0 Å². The molecule has 1 aromatic rings. The molecule has 1 aromatic carbocycles. The Morgan fingerprint density at radius 1 is 1.20 bits per heavy atom. The third-order valence-corrected chi connectivity index (χ3v) is 2.77. The van der Waals surface area contributed by atoms with Crippen molar-refractivity contribution in [3.05, 3.63) is 35.9 Å². The average molecular weight is 277 g/mol. The summed E-state index contributed by atoms with van der Waals surface area (Å²) in [5.41, 5.74) is 1.08. The monoisotopic (exact) mass is 277 g/mol. The average Bonchev–Trinajstić information content (AvgIpc) is 2.42. The fourth-order valence-electron chi connectivity index (χ4n) is 1.76. The highest BCUT2D eigenvalue weighted by atomic mass is 16.2. The first-order valence-electron chi connectivity index (χ1n) is 6.89. The second-order valence-corrected chi connectivity index (χ2v) is 4.88. The SMILES string of the molecule is CCN(Cc1ccccc1)C(=O)CNC(=O)NC(C)C. The van der Waals surface area contributed by atoms with Crippen LogP contribution in [0.25, 0.3) is 0 Å². The number of urea groups is 1. The largest absolute Gasteiger partial charge is 0.337 e. The van der Waals surface area contributed by atoms with E-state index in [9.17, 15) is 9.59 Å². The first kappa shape index (κ1) is 16.0. The summed E-state index contributed by atoms with van der Waals surface area (Å²) in [6.45, 7) is 6.85. The van der Waals surface area contributed by atoms with Crippen LogP contribution in [0.15, 0.2) is 30.3 Å². The van der Waals surface area contributed by atoms with Crippen molar-refractivity contribution in [2.24, 2.45) is 0 Å². The maximum Gasteiger partial charge on any atom is 0.315 e. The van der Waals surface area contributed by atoms with E-state index in [-0.39, 0.29) is 24.5 Å². The number of likely N-dealkylation sites (N-methyl/N-ethyl adjacent to an activating group) is 1. The van der Waals surface area contributed by atoms with Gasteiger partial charge in [0.2, 0.25) is 5.91 Å². The molecule has 0 atom stereocenters. The number of rotatable bonds is 6. The summed E-state index contributed by atoms with van der Waals surface area (Å²) in [4.78, 5) is 25.2. The highest BCUT2D eigenvalue weighted by Crippen LogP contribution is 2.04. The fourth-order valence-corrected chi connectivity index (χ4v) is 1.76. The van der Waals surface area contributed by atoms with E-state index in [0.717, 1.165) is 5.56 Å². The summed E-state index contributed by atoms with van der Waals surface area (Å²) in [6.07, 6.45) is 0. The van der Waals surface area contributed by atoms with Crippen molar-refractivity contribution in [2.75, 3.05) is 13.1 Å². The van der Waals surface area contributed by atoms with Crippen LogP contribution in [0.3, 0.4) is 0 Å². The third-order valence-electron chi connectivity index (χ3n) is 2.77. The molecular weight excluding hydrogens is 254 g/mol. The molecule has 0 saturated heterocycles. The standard InChI is InChI=1S/C15H23N3O2/c1-4-18(11-13-8-6-5-7-9-13)14(19)10-16-15(20)17-12(2)3/h5-9,12H,4,10-11H2,1-3H3,(H2,16,17,20). The predicted molar refractivity (Wildman–Crippen MR) is 79.2 cm³/mol. The van der Waals surface area contributed by atoms with E-state index < -0.39 is 0 Å². The molecule has 0 aliphatic rings. The van der Waals surface area contributed by atoms with Gasteiger partial charge in [0.05, 0.1) is 6.54 Å². The second-order valence-electron chi connectivity index (χ2n) is 4.88. The molecule has 0 aromatic heterocycles. The van der Waals surface area contributed by atoms with Gasteiger partial charge in [-0.2, -0.15) is 0 Å². The highest BCUT2D eigenvalue weighted by molar-refractivity contribution is 5.84. The van der Waals surface area contributed by atoms with E-state index in [1.165, 1.54) is 0 Å². The lowest BCUT2D eigenvalue weighted by atomic mass is 10.2. The molecule has 0 aliphatic carbocycles. The molecule has 0 bridgehead atoms. The smallest absolute Gasteiger partial charge is 0.315 e. The van der Waals surface area contributed by atoms with Crippen molar-refractivity contribution in [1.82, 2.24) is 15.5 Å². The molecule has 0 unspecified atom stereocenters. The Kier molecular flexibility index (Phi) is 6.56. The van der Waals surface area contributed by atoms with Crippen molar-refractivity contribution in [3.8, 4) is 0 Å². The highest BCUT2D eigenvalue weighted by Gasteiger charge is 2.13. The van der Waals surface area contributed by atoms with Crippen molar-refractivity contribution < 1.29 is 9.59 Å². The van der Waals surface area contributed by atoms with Gasteiger partial charge in [-0.25, -0.2) is 4.79 Å². The van der Waals surface area contributed by atoms with Gasteiger partial charge in [-0.05, 0) is 26.3 Å². The first-order chi connectivity index (χ1) is 9.52. The van der Waals surface area contributed by atoms with Crippen LogP contribution in [-0.2, 0) is 11.3 Å². The Labute approximate surface area is 120 Å². The van der Waals surface area contributed by atoms with Crippen LogP contribution in [0.4, 0.5) is 4.79 Å². The number of benzene rings is 1. The van der Waals surface area contributed by atoms with Gasteiger partial charge in [0.1, 0.15) is 0 Å². The van der Waals surface area contributed by atoms with E-state index in [1.807, 2.05) is 51.1 Å². The van der Waals surface area contributed by atoms with Gasteiger partial charge in [-0.1, -0.05) is 30.3 Å². The summed E-state index contributed by atoms with van der Waals surface area (Å²) >= 11 is 0. The minimum atomic E-state index is -0.316. The molecule has 0 heterocycles. The minimum absolute atomic E-state index is 0.0131. The number of amides is 3. The van der Waals surface area contributed by atoms with Crippen LogP contribution in [0.2, 0.25) is 0 Å². The second kappa shape index (κ2) is 8.19. The Morgan fingerprint density at radius 3 is 2.40 bits per heavy atom. The molecule has 20 heavy (non-hydrogen) atoms. The van der Waals surface area contributed by atoms with E-state index in [4.69, 9.17) is 0 Å². The predicted octanol–water partition coefficient (Wildman–Crippen LogP) is 1.74. The van der Waals surface area contributed by atoms with Crippen LogP contribution >= 0.6 is 0 Å². The number of nitrogens with zero attached hydrogens (tertiary/aromatic N) is 1. The van der Waals surface area contributed by atoms with E-state index >= 15 is 0 Å². The van der Waals surface area contributed by atoms with E-state index in [1.54, 1.807) is 4.90 Å². The molecule has 1 rings (SSSR count). The summed E-state index contributed by atoms with van der Waals surface area (Å²) < 4.78 is 0. The van der Waals surface area contributed by atoms with Crippen LogP contribution in [0, 0.1) is 0 Å². The lowest BCUT2D eigenvalue weighted by molar-refractivity contribution is -0.130. The Hall–Kier alpha value is -2.04. The Balaban J connectivity index is 2.45. The van der Waals surface area contributed by atoms with Gasteiger partial charge in [-0.3, -0.25) is 4.79 Å². The summed E-state index contributed by atoms with van der Waals surface area (Å²) in [6, 6.07) is 9.54. The quantitative estimate of drug-likeness (QED) is 0.832. The van der Waals surface area contributed by atoms with Crippen molar-refractivity contribution in [1.29, 1.82) is 0 Å². The zero-order valence-corrected chi connectivity index (χ0v) is 12.3. The van der Waals surface area contributed by atoms with E-state index in [2.05, 4.69) is 10.6 Å². The summed E-state index contributed by atoms with van der Waals surface area (Å²) in [5, 5.41) is 5.26. The van der Waals surface area contributed by atoms with Crippen LogP contribution < -0.4 is 10.6 Å². The molecule has 5 heteroatoms. The maximum absolute atomic E-state index is 12.1. The van der Waals surface area contributed by atoms with Gasteiger partial charge in [0, 0.05) is 19.1 Å². The Bertz CT molecular complexity index is 432. The maximum atomic E-state index is 12.1. The summed E-state index contributed by atoms with van der Waals surface area (Å²) in [7, 11) is 0. The number of hydrogen-bond acceptors (Lipinski definition) is 2. The van der Waals surface area contributed by atoms with Gasteiger partial charge >= 0.3 is 6.03 Å². The Morgan fingerprint density at radius 2 is 1.85 bits per heavy atom. The van der Waals surface area contributed by atoms with Crippen LogP contribution in [-0.4, -0.2) is 36.0 Å². The molecule has 0 spiro atoms. The molecule has 0 saturated carbocycles. The van der Waals surface area contributed by atoms with Crippen molar-refractivity contribution in [2.45, 2.75) is 33.4 Å². The molecular formula is C15H23N3O2. The lowest BCUT2D eigenvalue weighted by Crippen LogP contribution is -2.45. The van der Waals surface area contributed by atoms with Gasteiger partial charge in [0.25, 0.3) is 0 Å². The normalized spacial score (nSPS) is 10.2. The molecule has 0 aliphatic heterocycles. The molecule has 110 valence electrons. The number of nitrogens with one attached hydrogen (secondary N) is 2. The molecule has 3 amide bonds. The van der Waals surface area contributed by atoms with Crippen LogP contribution in [0.1, 0.15) is 26.3 Å². The number of hydrogen-bond donors (Lipinski definition) is 2. The summed E-state index contributed by atoms with van der Waals surface area (Å²) in [5.74, 6) is -0.0877. The fraction of sp³-hybridized carbons (Fsp3) is 0.467. The topological polar surface area (TPSA) is 61.4 Å². The molecule has 2 N–H and O–H groups in total. The first-order valence-corrected chi connectivity index (χ1v) is 6.89. The zero-order valence-electron chi connectivity index (χ0n) is 12.3. The lowest BCUT2D eigenvalue weighted by Gasteiger charge is -2.21. The molecule has 5 nitrogen and oxygen atoms in total. The molecule has 0 radical (unpaired) electrons. The van der Waals surface area contributed by atoms with Crippen molar-refractivity contribution >= 4 is 11.9 Å². The van der Waals surface area contributed by atoms with Gasteiger partial charge < -0.3 is 15.5 Å². The third kappa shape index (κ3) is 5.73.